The van der Waals surface area contributed by atoms with Gasteiger partial charge in [-0.3, -0.25) is 4.99 Å². The third-order valence-corrected chi connectivity index (χ3v) is 6.53. The van der Waals surface area contributed by atoms with Gasteiger partial charge in [0.2, 0.25) is 0 Å². The fraction of sp³-hybridized carbons (Fsp3) is 0.938. The Morgan fingerprint density at radius 3 is 2.68 bits per heavy atom. The highest BCUT2D eigenvalue weighted by molar-refractivity contribution is 8.13. The van der Waals surface area contributed by atoms with E-state index in [1.807, 2.05) is 11.8 Å². The molecule has 0 aromatic carbocycles. The molecule has 2 saturated carbocycles. The molecule has 2 atom stereocenters. The molecule has 3 aliphatic rings. The third-order valence-electron chi connectivity index (χ3n) is 5.25. The van der Waals surface area contributed by atoms with Crippen molar-refractivity contribution in [2.45, 2.75) is 70.8 Å². The first-order valence-electron chi connectivity index (χ1n) is 8.20. The molecule has 1 aliphatic heterocycles. The molecule has 0 amide bonds. The summed E-state index contributed by atoms with van der Waals surface area (Å²) in [6, 6.07) is 0.690. The van der Waals surface area contributed by atoms with Gasteiger partial charge in [-0.1, -0.05) is 50.8 Å². The average molecular weight is 280 g/mol. The van der Waals surface area contributed by atoms with Gasteiger partial charge in [-0.25, -0.2) is 0 Å². The van der Waals surface area contributed by atoms with Gasteiger partial charge in [-0.15, -0.1) is 0 Å². The van der Waals surface area contributed by atoms with Crippen molar-refractivity contribution >= 4 is 16.9 Å². The van der Waals surface area contributed by atoms with Gasteiger partial charge in [0.15, 0.2) is 5.17 Å². The SMILES string of the molecule is CC1CCCC(NC2=NCC3(CCCCC3)CS2)C1. The van der Waals surface area contributed by atoms with Crippen LogP contribution in [-0.2, 0) is 0 Å². The zero-order chi connectivity index (χ0) is 13.1. The molecule has 19 heavy (non-hydrogen) atoms. The summed E-state index contributed by atoms with van der Waals surface area (Å²) < 4.78 is 0. The van der Waals surface area contributed by atoms with Crippen LogP contribution in [0.2, 0.25) is 0 Å². The van der Waals surface area contributed by atoms with Gasteiger partial charge in [0.1, 0.15) is 0 Å². The highest BCUT2D eigenvalue weighted by Gasteiger charge is 2.35. The number of hydrogen-bond donors (Lipinski definition) is 1. The molecule has 108 valence electrons. The fourth-order valence-electron chi connectivity index (χ4n) is 3.98. The Labute approximate surface area is 122 Å². The van der Waals surface area contributed by atoms with E-state index in [0.29, 0.717) is 11.5 Å². The molecule has 0 bridgehead atoms. The second-order valence-corrected chi connectivity index (χ2v) is 8.05. The number of rotatable bonds is 1. The molecule has 0 aromatic heterocycles. The molecule has 2 fully saturated rings. The van der Waals surface area contributed by atoms with Crippen molar-refractivity contribution in [3.05, 3.63) is 0 Å². The fourth-order valence-corrected chi connectivity index (χ4v) is 5.21. The molecule has 2 aliphatic carbocycles. The Morgan fingerprint density at radius 1 is 1.16 bits per heavy atom. The molecule has 0 saturated heterocycles. The first-order valence-corrected chi connectivity index (χ1v) is 9.18. The molecule has 3 heteroatoms. The highest BCUT2D eigenvalue weighted by Crippen LogP contribution is 2.41. The van der Waals surface area contributed by atoms with Crippen LogP contribution in [0.4, 0.5) is 0 Å². The lowest BCUT2D eigenvalue weighted by Gasteiger charge is -2.39. The summed E-state index contributed by atoms with van der Waals surface area (Å²) in [5.41, 5.74) is 0.563. The van der Waals surface area contributed by atoms with Crippen molar-refractivity contribution in [3.63, 3.8) is 0 Å². The van der Waals surface area contributed by atoms with E-state index in [-0.39, 0.29) is 0 Å². The zero-order valence-electron chi connectivity index (χ0n) is 12.3. The van der Waals surface area contributed by atoms with Crippen LogP contribution in [0, 0.1) is 11.3 Å². The van der Waals surface area contributed by atoms with Crippen LogP contribution in [0.25, 0.3) is 0 Å². The van der Waals surface area contributed by atoms with Gasteiger partial charge in [0.05, 0.1) is 0 Å². The van der Waals surface area contributed by atoms with Gasteiger partial charge in [-0.05, 0) is 37.0 Å². The maximum Gasteiger partial charge on any atom is 0.156 e. The lowest BCUT2D eigenvalue weighted by molar-refractivity contribution is 0.232. The summed E-state index contributed by atoms with van der Waals surface area (Å²) in [6.45, 7) is 3.48. The monoisotopic (exact) mass is 280 g/mol. The first kappa shape index (κ1) is 13.8. The number of nitrogens with one attached hydrogen (secondary N) is 1. The molecule has 2 nitrogen and oxygen atoms in total. The maximum atomic E-state index is 4.89. The average Bonchev–Trinajstić information content (AvgIpc) is 2.43. The second kappa shape index (κ2) is 6.07. The Morgan fingerprint density at radius 2 is 2.00 bits per heavy atom. The Bertz CT molecular complexity index is 334. The van der Waals surface area contributed by atoms with Crippen LogP contribution >= 0.6 is 11.8 Å². The van der Waals surface area contributed by atoms with Gasteiger partial charge >= 0.3 is 0 Å². The van der Waals surface area contributed by atoms with E-state index in [1.54, 1.807) is 0 Å². The predicted octanol–water partition coefficient (Wildman–Crippen LogP) is 4.21. The van der Waals surface area contributed by atoms with Crippen LogP contribution in [0.15, 0.2) is 4.99 Å². The summed E-state index contributed by atoms with van der Waals surface area (Å²) in [5.74, 6) is 2.20. The number of aliphatic imine (C=N–C) groups is 1. The van der Waals surface area contributed by atoms with Crippen molar-refractivity contribution in [2.75, 3.05) is 12.3 Å². The van der Waals surface area contributed by atoms with Crippen molar-refractivity contribution in [2.24, 2.45) is 16.3 Å². The second-order valence-electron chi connectivity index (χ2n) is 7.08. The number of nitrogens with zero attached hydrogens (tertiary/aromatic N) is 1. The molecule has 2 unspecified atom stereocenters. The van der Waals surface area contributed by atoms with E-state index in [4.69, 9.17) is 4.99 Å². The number of thioether (sulfide) groups is 1. The maximum absolute atomic E-state index is 4.89. The molecule has 3 rings (SSSR count). The number of amidine groups is 1. The quantitative estimate of drug-likeness (QED) is 0.778. The van der Waals surface area contributed by atoms with E-state index in [0.717, 1.165) is 12.5 Å². The van der Waals surface area contributed by atoms with Crippen molar-refractivity contribution in [1.82, 2.24) is 5.32 Å². The van der Waals surface area contributed by atoms with E-state index in [2.05, 4.69) is 12.2 Å². The highest BCUT2D eigenvalue weighted by atomic mass is 32.2. The molecule has 1 spiro atoms. The minimum Gasteiger partial charge on any atom is -0.362 e. The lowest BCUT2D eigenvalue weighted by atomic mass is 9.75. The van der Waals surface area contributed by atoms with Gasteiger partial charge in [0, 0.05) is 18.3 Å². The minimum atomic E-state index is 0.563. The zero-order valence-corrected chi connectivity index (χ0v) is 13.1. The Hall–Kier alpha value is -0.180. The van der Waals surface area contributed by atoms with E-state index >= 15 is 0 Å². The lowest BCUT2D eigenvalue weighted by Crippen LogP contribution is -2.41. The summed E-state index contributed by atoms with van der Waals surface area (Å²) in [4.78, 5) is 4.89. The van der Waals surface area contributed by atoms with Gasteiger partial charge in [0.25, 0.3) is 0 Å². The van der Waals surface area contributed by atoms with E-state index in [9.17, 15) is 0 Å². The van der Waals surface area contributed by atoms with Crippen molar-refractivity contribution < 1.29 is 0 Å². The molecule has 1 heterocycles. The van der Waals surface area contributed by atoms with Crippen LogP contribution in [0.3, 0.4) is 0 Å². The summed E-state index contributed by atoms with van der Waals surface area (Å²) in [6.07, 6.45) is 12.6. The predicted molar refractivity (Wildman–Crippen MR) is 84.8 cm³/mol. The Balaban J connectivity index is 1.52. The molecule has 0 radical (unpaired) electrons. The Kier molecular flexibility index (Phi) is 4.40. The van der Waals surface area contributed by atoms with Crippen molar-refractivity contribution in [3.8, 4) is 0 Å². The topological polar surface area (TPSA) is 24.4 Å². The minimum absolute atomic E-state index is 0.563. The summed E-state index contributed by atoms with van der Waals surface area (Å²) in [7, 11) is 0. The van der Waals surface area contributed by atoms with Crippen LogP contribution in [-0.4, -0.2) is 23.5 Å². The van der Waals surface area contributed by atoms with Gasteiger partial charge in [-0.2, -0.15) is 0 Å². The molecular formula is C16H28N2S. The third kappa shape index (κ3) is 3.48. The smallest absolute Gasteiger partial charge is 0.156 e. The largest absolute Gasteiger partial charge is 0.362 e. The van der Waals surface area contributed by atoms with E-state index < -0.39 is 0 Å². The molecule has 0 aromatic rings. The van der Waals surface area contributed by atoms with E-state index in [1.165, 1.54) is 68.7 Å². The van der Waals surface area contributed by atoms with Crippen LogP contribution in [0.5, 0.6) is 0 Å². The summed E-state index contributed by atoms with van der Waals surface area (Å²) >= 11 is 2.00. The standard InChI is InChI=1S/C16H28N2S/c1-13-6-5-7-14(10-13)18-15-17-11-16(12-19-15)8-3-2-4-9-16/h13-14H,2-12H2,1H3,(H,17,18). The molecular weight excluding hydrogens is 252 g/mol. The number of hydrogen-bond acceptors (Lipinski definition) is 3. The molecule has 1 N–H and O–H groups in total. The van der Waals surface area contributed by atoms with Crippen molar-refractivity contribution in [1.29, 1.82) is 0 Å². The normalized spacial score (nSPS) is 34.9. The first-order chi connectivity index (χ1) is 9.26. The van der Waals surface area contributed by atoms with Gasteiger partial charge < -0.3 is 5.32 Å². The van der Waals surface area contributed by atoms with Crippen LogP contribution < -0.4 is 5.32 Å². The summed E-state index contributed by atoms with van der Waals surface area (Å²) in [5, 5.41) is 4.97. The van der Waals surface area contributed by atoms with Crippen LogP contribution in [0.1, 0.15) is 64.7 Å².